The van der Waals surface area contributed by atoms with Crippen molar-refractivity contribution < 1.29 is 4.52 Å². The number of anilines is 1. The molecule has 102 valence electrons. The number of aromatic nitrogens is 4. The van der Waals surface area contributed by atoms with Crippen molar-refractivity contribution >= 4 is 17.4 Å². The molecule has 2 heterocycles. The molecule has 0 aliphatic heterocycles. The van der Waals surface area contributed by atoms with Crippen molar-refractivity contribution in [3.8, 4) is 0 Å². The van der Waals surface area contributed by atoms with Crippen LogP contribution in [0, 0.1) is 13.8 Å². The SMILES string of the molecule is CCc1nc(Cl)c(C)c(NCCc2noc(C)n2)n1. The molecule has 2 aromatic heterocycles. The number of hydrogen-bond acceptors (Lipinski definition) is 6. The summed E-state index contributed by atoms with van der Waals surface area (Å²) in [5, 5.41) is 7.56. The fourth-order valence-corrected chi connectivity index (χ4v) is 1.79. The summed E-state index contributed by atoms with van der Waals surface area (Å²) < 4.78 is 4.91. The largest absolute Gasteiger partial charge is 0.369 e. The fraction of sp³-hybridized carbons (Fsp3) is 0.500. The lowest BCUT2D eigenvalue weighted by Gasteiger charge is -2.09. The van der Waals surface area contributed by atoms with Gasteiger partial charge in [0.1, 0.15) is 16.8 Å². The maximum absolute atomic E-state index is 6.07. The van der Waals surface area contributed by atoms with Crippen molar-refractivity contribution in [2.75, 3.05) is 11.9 Å². The van der Waals surface area contributed by atoms with E-state index in [2.05, 4.69) is 25.4 Å². The minimum absolute atomic E-state index is 0.491. The quantitative estimate of drug-likeness (QED) is 0.848. The topological polar surface area (TPSA) is 76.7 Å². The van der Waals surface area contributed by atoms with E-state index in [9.17, 15) is 0 Å². The summed E-state index contributed by atoms with van der Waals surface area (Å²) in [7, 11) is 0. The molecule has 0 spiro atoms. The van der Waals surface area contributed by atoms with Gasteiger partial charge in [0.2, 0.25) is 5.89 Å². The molecular formula is C12H16ClN5O. The van der Waals surface area contributed by atoms with Gasteiger partial charge in [-0.25, -0.2) is 9.97 Å². The van der Waals surface area contributed by atoms with Crippen LogP contribution >= 0.6 is 11.6 Å². The predicted octanol–water partition coefficient (Wildman–Crippen LogP) is 2.35. The molecule has 1 N–H and O–H groups in total. The summed E-state index contributed by atoms with van der Waals surface area (Å²) in [4.78, 5) is 12.8. The average Bonchev–Trinajstić information content (AvgIpc) is 2.80. The summed E-state index contributed by atoms with van der Waals surface area (Å²) >= 11 is 6.07. The van der Waals surface area contributed by atoms with Gasteiger partial charge >= 0.3 is 0 Å². The van der Waals surface area contributed by atoms with Gasteiger partial charge in [-0.3, -0.25) is 0 Å². The van der Waals surface area contributed by atoms with Crippen LogP contribution in [0.4, 0.5) is 5.82 Å². The van der Waals surface area contributed by atoms with Crippen molar-refractivity contribution in [2.24, 2.45) is 0 Å². The molecular weight excluding hydrogens is 266 g/mol. The lowest BCUT2D eigenvalue weighted by molar-refractivity contribution is 0.387. The molecule has 0 saturated carbocycles. The standard InChI is InChI=1S/C12H16ClN5O/c1-4-9-16-11(13)7(2)12(17-9)14-6-5-10-15-8(3)19-18-10/h4-6H2,1-3H3,(H,14,16,17). The van der Waals surface area contributed by atoms with Crippen LogP contribution in [0.3, 0.4) is 0 Å². The minimum Gasteiger partial charge on any atom is -0.369 e. The van der Waals surface area contributed by atoms with Crippen LogP contribution < -0.4 is 5.32 Å². The molecule has 0 aromatic carbocycles. The van der Waals surface area contributed by atoms with Crippen LogP contribution in [-0.4, -0.2) is 26.7 Å². The number of halogens is 1. The van der Waals surface area contributed by atoms with Crippen LogP contribution in [0.15, 0.2) is 4.52 Å². The highest BCUT2D eigenvalue weighted by atomic mass is 35.5. The van der Waals surface area contributed by atoms with E-state index in [0.717, 1.165) is 23.6 Å². The van der Waals surface area contributed by atoms with Gasteiger partial charge in [-0.05, 0) is 6.92 Å². The van der Waals surface area contributed by atoms with Crippen molar-refractivity contribution in [3.05, 3.63) is 28.3 Å². The van der Waals surface area contributed by atoms with Gasteiger partial charge in [-0.15, -0.1) is 0 Å². The molecule has 2 aromatic rings. The monoisotopic (exact) mass is 281 g/mol. The van der Waals surface area contributed by atoms with E-state index in [1.165, 1.54) is 0 Å². The van der Waals surface area contributed by atoms with Gasteiger partial charge in [0.25, 0.3) is 0 Å². The average molecular weight is 282 g/mol. The van der Waals surface area contributed by atoms with Crippen molar-refractivity contribution in [1.29, 1.82) is 0 Å². The molecule has 7 heteroatoms. The highest BCUT2D eigenvalue weighted by molar-refractivity contribution is 6.30. The maximum atomic E-state index is 6.07. The zero-order valence-corrected chi connectivity index (χ0v) is 12.0. The van der Waals surface area contributed by atoms with E-state index in [-0.39, 0.29) is 0 Å². The lowest BCUT2D eigenvalue weighted by atomic mass is 10.3. The Morgan fingerprint density at radius 3 is 2.58 bits per heavy atom. The molecule has 0 fully saturated rings. The van der Waals surface area contributed by atoms with Crippen molar-refractivity contribution in [2.45, 2.75) is 33.6 Å². The molecule has 0 atom stereocenters. The minimum atomic E-state index is 0.491. The molecule has 0 aliphatic rings. The summed E-state index contributed by atoms with van der Waals surface area (Å²) in [6.07, 6.45) is 1.42. The van der Waals surface area contributed by atoms with Gasteiger partial charge in [-0.1, -0.05) is 23.7 Å². The molecule has 6 nitrogen and oxygen atoms in total. The van der Waals surface area contributed by atoms with E-state index >= 15 is 0 Å². The third-order valence-electron chi connectivity index (χ3n) is 2.66. The molecule has 0 bridgehead atoms. The van der Waals surface area contributed by atoms with E-state index < -0.39 is 0 Å². The second-order valence-corrected chi connectivity index (χ2v) is 4.52. The Labute approximate surface area is 116 Å². The first-order valence-electron chi connectivity index (χ1n) is 6.16. The molecule has 0 aliphatic carbocycles. The smallest absolute Gasteiger partial charge is 0.223 e. The fourth-order valence-electron chi connectivity index (χ4n) is 1.60. The number of aryl methyl sites for hydroxylation is 2. The normalized spacial score (nSPS) is 10.7. The first-order valence-corrected chi connectivity index (χ1v) is 6.54. The van der Waals surface area contributed by atoms with E-state index in [0.29, 0.717) is 29.8 Å². The number of nitrogens with one attached hydrogen (secondary N) is 1. The van der Waals surface area contributed by atoms with Crippen molar-refractivity contribution in [1.82, 2.24) is 20.1 Å². The molecule has 0 radical (unpaired) electrons. The second kappa shape index (κ2) is 5.97. The predicted molar refractivity (Wildman–Crippen MR) is 72.4 cm³/mol. The highest BCUT2D eigenvalue weighted by Crippen LogP contribution is 2.19. The third-order valence-corrected chi connectivity index (χ3v) is 3.03. The van der Waals surface area contributed by atoms with Gasteiger partial charge in [-0.2, -0.15) is 4.98 Å². The van der Waals surface area contributed by atoms with Gasteiger partial charge in [0.05, 0.1) is 0 Å². The van der Waals surface area contributed by atoms with E-state index in [1.54, 1.807) is 6.92 Å². The molecule has 0 unspecified atom stereocenters. The van der Waals surface area contributed by atoms with Crippen LogP contribution in [0.25, 0.3) is 0 Å². The first kappa shape index (κ1) is 13.7. The van der Waals surface area contributed by atoms with Crippen LogP contribution in [0.1, 0.15) is 30.0 Å². The van der Waals surface area contributed by atoms with E-state index in [4.69, 9.17) is 16.1 Å². The molecule has 19 heavy (non-hydrogen) atoms. The van der Waals surface area contributed by atoms with Crippen LogP contribution in [0.5, 0.6) is 0 Å². The Bertz CT molecular complexity index is 569. The van der Waals surface area contributed by atoms with Crippen LogP contribution in [-0.2, 0) is 12.8 Å². The Morgan fingerprint density at radius 1 is 1.16 bits per heavy atom. The highest BCUT2D eigenvalue weighted by Gasteiger charge is 2.09. The summed E-state index contributed by atoms with van der Waals surface area (Å²) in [5.74, 6) is 2.74. The Balaban J connectivity index is 2.01. The van der Waals surface area contributed by atoms with Gasteiger partial charge < -0.3 is 9.84 Å². The molecule has 0 saturated heterocycles. The zero-order chi connectivity index (χ0) is 13.8. The number of hydrogen-bond donors (Lipinski definition) is 1. The molecule has 0 amide bonds. The summed E-state index contributed by atoms with van der Waals surface area (Å²) in [6, 6.07) is 0. The lowest BCUT2D eigenvalue weighted by Crippen LogP contribution is -2.10. The van der Waals surface area contributed by atoms with Crippen molar-refractivity contribution in [3.63, 3.8) is 0 Å². The van der Waals surface area contributed by atoms with E-state index in [1.807, 2.05) is 13.8 Å². The number of nitrogens with zero attached hydrogens (tertiary/aromatic N) is 4. The zero-order valence-electron chi connectivity index (χ0n) is 11.2. The Hall–Kier alpha value is -1.69. The third kappa shape index (κ3) is 3.41. The summed E-state index contributed by atoms with van der Waals surface area (Å²) in [5.41, 5.74) is 0.850. The second-order valence-electron chi connectivity index (χ2n) is 4.16. The first-order chi connectivity index (χ1) is 9.10. The Kier molecular flexibility index (Phi) is 4.31. The van der Waals surface area contributed by atoms with Crippen LogP contribution in [0.2, 0.25) is 5.15 Å². The number of rotatable bonds is 5. The molecule has 2 rings (SSSR count). The van der Waals surface area contributed by atoms with Gasteiger partial charge in [0.15, 0.2) is 5.82 Å². The summed E-state index contributed by atoms with van der Waals surface area (Å²) in [6.45, 7) is 6.32. The van der Waals surface area contributed by atoms with Gasteiger partial charge in [0, 0.05) is 31.9 Å². The Morgan fingerprint density at radius 2 is 1.95 bits per heavy atom. The maximum Gasteiger partial charge on any atom is 0.223 e.